The van der Waals surface area contributed by atoms with Crippen LogP contribution in [-0.2, 0) is 0 Å². The zero-order chi connectivity index (χ0) is 18.5. The standard InChI is InChI=1S/C19H17N5S2/c1-12-17(13(2)23-24-19(20)21)26-18(22-12)16-7-5-14(6-8-16)3-4-15-9-10-25-11-15/h5-11H,1-2H3,(H4,20,21,24)/b23-13+. The van der Waals surface area contributed by atoms with Crippen molar-refractivity contribution in [3.05, 3.63) is 62.8 Å². The van der Waals surface area contributed by atoms with E-state index in [1.54, 1.807) is 22.7 Å². The minimum atomic E-state index is -0.0640. The van der Waals surface area contributed by atoms with E-state index in [2.05, 4.69) is 27.0 Å². The van der Waals surface area contributed by atoms with Crippen molar-refractivity contribution >= 4 is 34.3 Å². The van der Waals surface area contributed by atoms with E-state index in [0.717, 1.165) is 38.0 Å². The maximum atomic E-state index is 5.32. The molecule has 0 bridgehead atoms. The lowest BCUT2D eigenvalue weighted by molar-refractivity contribution is 1.19. The number of aromatic nitrogens is 1. The molecule has 3 aromatic rings. The molecule has 0 aliphatic rings. The molecule has 0 saturated heterocycles. The van der Waals surface area contributed by atoms with Crippen molar-refractivity contribution in [1.29, 1.82) is 0 Å². The van der Waals surface area contributed by atoms with E-state index in [0.29, 0.717) is 0 Å². The molecule has 0 aliphatic heterocycles. The van der Waals surface area contributed by atoms with Crippen molar-refractivity contribution < 1.29 is 0 Å². The Hall–Kier alpha value is -2.95. The SMILES string of the molecule is C/C(=N\N=C(N)N)c1sc(-c2ccc(C#Cc3ccsc3)cc2)nc1C. The van der Waals surface area contributed by atoms with Crippen LogP contribution in [0.4, 0.5) is 0 Å². The maximum Gasteiger partial charge on any atom is 0.211 e. The molecule has 0 saturated carbocycles. The van der Waals surface area contributed by atoms with E-state index in [9.17, 15) is 0 Å². The second-order valence-corrected chi connectivity index (χ2v) is 7.26. The Morgan fingerprint density at radius 2 is 1.77 bits per heavy atom. The van der Waals surface area contributed by atoms with Crippen molar-refractivity contribution in [2.24, 2.45) is 21.7 Å². The van der Waals surface area contributed by atoms with Crippen LogP contribution in [0.2, 0.25) is 0 Å². The summed E-state index contributed by atoms with van der Waals surface area (Å²) in [7, 11) is 0. The zero-order valence-corrected chi connectivity index (χ0v) is 16.0. The van der Waals surface area contributed by atoms with Crippen LogP contribution in [0.3, 0.4) is 0 Å². The number of guanidine groups is 1. The molecule has 7 heteroatoms. The molecule has 26 heavy (non-hydrogen) atoms. The minimum absolute atomic E-state index is 0.0640. The lowest BCUT2D eigenvalue weighted by Crippen LogP contribution is -2.22. The molecule has 1 aromatic carbocycles. The van der Waals surface area contributed by atoms with Gasteiger partial charge in [0.2, 0.25) is 5.96 Å². The van der Waals surface area contributed by atoms with Crippen molar-refractivity contribution in [2.75, 3.05) is 0 Å². The summed E-state index contributed by atoms with van der Waals surface area (Å²) in [6.07, 6.45) is 0. The molecule has 0 fully saturated rings. The van der Waals surface area contributed by atoms with E-state index in [-0.39, 0.29) is 5.96 Å². The Morgan fingerprint density at radius 3 is 2.42 bits per heavy atom. The predicted molar refractivity (Wildman–Crippen MR) is 111 cm³/mol. The van der Waals surface area contributed by atoms with Gasteiger partial charge in [-0.25, -0.2) is 4.98 Å². The normalized spacial score (nSPS) is 10.9. The van der Waals surface area contributed by atoms with Crippen LogP contribution in [0.15, 0.2) is 51.3 Å². The first-order valence-corrected chi connectivity index (χ1v) is 9.54. The Balaban J connectivity index is 1.83. The van der Waals surface area contributed by atoms with Crippen molar-refractivity contribution in [3.63, 3.8) is 0 Å². The van der Waals surface area contributed by atoms with Gasteiger partial charge in [-0.1, -0.05) is 24.0 Å². The first-order chi connectivity index (χ1) is 12.5. The molecule has 2 aromatic heterocycles. The van der Waals surface area contributed by atoms with E-state index >= 15 is 0 Å². The third-order valence-corrected chi connectivity index (χ3v) is 5.44. The van der Waals surface area contributed by atoms with Crippen molar-refractivity contribution in [1.82, 2.24) is 4.98 Å². The highest BCUT2D eigenvalue weighted by Gasteiger charge is 2.12. The van der Waals surface area contributed by atoms with E-state index < -0.39 is 0 Å². The molecular weight excluding hydrogens is 362 g/mol. The van der Waals surface area contributed by atoms with Gasteiger partial charge in [0.1, 0.15) is 5.01 Å². The van der Waals surface area contributed by atoms with Gasteiger partial charge < -0.3 is 11.5 Å². The number of rotatable bonds is 3. The lowest BCUT2D eigenvalue weighted by Gasteiger charge is -1.96. The van der Waals surface area contributed by atoms with Gasteiger partial charge in [-0.15, -0.1) is 16.4 Å². The molecule has 0 aliphatic carbocycles. The monoisotopic (exact) mass is 379 g/mol. The molecule has 0 spiro atoms. The molecule has 0 radical (unpaired) electrons. The summed E-state index contributed by atoms with van der Waals surface area (Å²) in [5.41, 5.74) is 15.3. The van der Waals surface area contributed by atoms with Crippen LogP contribution >= 0.6 is 22.7 Å². The van der Waals surface area contributed by atoms with Gasteiger partial charge in [-0.3, -0.25) is 0 Å². The summed E-state index contributed by atoms with van der Waals surface area (Å²) in [4.78, 5) is 5.60. The number of aryl methyl sites for hydroxylation is 1. The maximum absolute atomic E-state index is 5.32. The first-order valence-electron chi connectivity index (χ1n) is 7.78. The molecule has 130 valence electrons. The number of hydrogen-bond donors (Lipinski definition) is 2. The second-order valence-electron chi connectivity index (χ2n) is 5.48. The van der Waals surface area contributed by atoms with Gasteiger partial charge >= 0.3 is 0 Å². The van der Waals surface area contributed by atoms with Crippen LogP contribution in [0.5, 0.6) is 0 Å². The summed E-state index contributed by atoms with van der Waals surface area (Å²) in [5.74, 6) is 6.26. The Morgan fingerprint density at radius 1 is 1.04 bits per heavy atom. The molecule has 0 amide bonds. The highest BCUT2D eigenvalue weighted by atomic mass is 32.1. The van der Waals surface area contributed by atoms with E-state index in [4.69, 9.17) is 11.5 Å². The van der Waals surface area contributed by atoms with E-state index in [1.807, 2.05) is 54.9 Å². The predicted octanol–water partition coefficient (Wildman–Crippen LogP) is 3.58. The summed E-state index contributed by atoms with van der Waals surface area (Å²) in [5, 5.41) is 12.7. The van der Waals surface area contributed by atoms with Gasteiger partial charge in [-0.05, 0) is 37.4 Å². The highest BCUT2D eigenvalue weighted by molar-refractivity contribution is 7.17. The summed E-state index contributed by atoms with van der Waals surface area (Å²) >= 11 is 3.21. The molecule has 0 atom stereocenters. The van der Waals surface area contributed by atoms with Crippen LogP contribution in [0.25, 0.3) is 10.6 Å². The Labute approximate surface area is 160 Å². The number of thiazole rings is 1. The molecule has 5 nitrogen and oxygen atoms in total. The number of benzene rings is 1. The van der Waals surface area contributed by atoms with Gasteiger partial charge in [0, 0.05) is 22.1 Å². The van der Waals surface area contributed by atoms with Crippen molar-refractivity contribution in [2.45, 2.75) is 13.8 Å². The second kappa shape index (κ2) is 7.95. The van der Waals surface area contributed by atoms with E-state index in [1.165, 1.54) is 0 Å². The summed E-state index contributed by atoms with van der Waals surface area (Å²) in [6, 6.07) is 10.1. The van der Waals surface area contributed by atoms with Crippen LogP contribution < -0.4 is 11.5 Å². The molecule has 2 heterocycles. The first kappa shape index (κ1) is 17.9. The molecule has 0 unspecified atom stereocenters. The Bertz CT molecular complexity index is 1010. The number of hydrogen-bond acceptors (Lipinski definition) is 5. The average Bonchev–Trinajstić information content (AvgIpc) is 3.28. The Kier molecular flexibility index (Phi) is 5.46. The van der Waals surface area contributed by atoms with Gasteiger partial charge in [0.15, 0.2) is 0 Å². The molecule has 4 N–H and O–H groups in total. The lowest BCUT2D eigenvalue weighted by atomic mass is 10.1. The zero-order valence-electron chi connectivity index (χ0n) is 14.4. The third kappa shape index (κ3) is 4.36. The topological polar surface area (TPSA) is 89.6 Å². The van der Waals surface area contributed by atoms with Crippen molar-refractivity contribution in [3.8, 4) is 22.4 Å². The molecular formula is C19H17N5S2. The van der Waals surface area contributed by atoms with Gasteiger partial charge in [0.05, 0.1) is 16.3 Å². The number of thiophene rings is 1. The smallest absolute Gasteiger partial charge is 0.211 e. The van der Waals surface area contributed by atoms with Gasteiger partial charge in [-0.2, -0.15) is 16.4 Å². The number of nitrogens with zero attached hydrogens (tertiary/aromatic N) is 3. The van der Waals surface area contributed by atoms with Crippen LogP contribution in [0.1, 0.15) is 28.6 Å². The third-order valence-electron chi connectivity index (χ3n) is 3.44. The fourth-order valence-corrected chi connectivity index (χ4v) is 3.81. The molecule has 3 rings (SSSR count). The van der Waals surface area contributed by atoms with Gasteiger partial charge in [0.25, 0.3) is 0 Å². The van der Waals surface area contributed by atoms with Crippen LogP contribution in [-0.4, -0.2) is 16.7 Å². The number of nitrogens with two attached hydrogens (primary N) is 2. The fraction of sp³-hybridized carbons (Fsp3) is 0.105. The fourth-order valence-electron chi connectivity index (χ4n) is 2.21. The minimum Gasteiger partial charge on any atom is -0.369 e. The van der Waals surface area contributed by atoms with Crippen LogP contribution in [0, 0.1) is 18.8 Å². The largest absolute Gasteiger partial charge is 0.369 e. The highest BCUT2D eigenvalue weighted by Crippen LogP contribution is 2.28. The summed E-state index contributed by atoms with van der Waals surface area (Å²) in [6.45, 7) is 3.81. The average molecular weight is 380 g/mol. The summed E-state index contributed by atoms with van der Waals surface area (Å²) < 4.78 is 0. The quantitative estimate of drug-likeness (QED) is 0.315.